The normalized spacial score (nSPS) is 12.3. The molecule has 1 amide bonds. The van der Waals surface area contributed by atoms with Crippen LogP contribution in [0, 0.1) is 17.3 Å². The second-order valence-corrected chi connectivity index (χ2v) is 15.9. The molecule has 0 aliphatic heterocycles. The minimum absolute atomic E-state index is 0.136. The van der Waals surface area contributed by atoms with Crippen LogP contribution in [0.2, 0.25) is 16.6 Å². The van der Waals surface area contributed by atoms with Gasteiger partial charge in [-0.05, 0) is 54.9 Å². The van der Waals surface area contributed by atoms with E-state index >= 15 is 0 Å². The molecule has 0 radical (unpaired) electrons. The van der Waals surface area contributed by atoms with Crippen molar-refractivity contribution in [3.05, 3.63) is 35.6 Å². The van der Waals surface area contributed by atoms with Crippen LogP contribution in [0.3, 0.4) is 0 Å². The minimum Gasteiger partial charge on any atom is -0.507 e. The van der Waals surface area contributed by atoms with Crippen molar-refractivity contribution >= 4 is 30.6 Å². The molecule has 32 heavy (non-hydrogen) atoms. The van der Waals surface area contributed by atoms with E-state index in [1.54, 1.807) is 32.9 Å². The summed E-state index contributed by atoms with van der Waals surface area (Å²) in [5.41, 5.74) is 4.67. The van der Waals surface area contributed by atoms with Crippen molar-refractivity contribution in [2.24, 2.45) is 0 Å². The van der Waals surface area contributed by atoms with Gasteiger partial charge in [0.05, 0.1) is 5.56 Å². The average Bonchev–Trinajstić information content (AvgIpc) is 2.61. The molecule has 174 valence electrons. The van der Waals surface area contributed by atoms with Crippen LogP contribution >= 0.6 is 0 Å². The van der Waals surface area contributed by atoms with E-state index in [2.05, 4.69) is 58.3 Å². The van der Waals surface area contributed by atoms with Crippen molar-refractivity contribution in [3.8, 4) is 17.2 Å². The van der Waals surface area contributed by atoms with E-state index in [0.29, 0.717) is 33.1 Å². The molecule has 6 heteroatoms. The molecule has 2 aromatic rings. The largest absolute Gasteiger partial charge is 0.507 e. The van der Waals surface area contributed by atoms with E-state index < -0.39 is 25.6 Å². The molecule has 0 bridgehead atoms. The third-order valence-electron chi connectivity index (χ3n) is 5.96. The van der Waals surface area contributed by atoms with Crippen LogP contribution in [-0.2, 0) is 4.74 Å². The molecule has 0 aliphatic carbocycles. The van der Waals surface area contributed by atoms with Crippen LogP contribution in [0.15, 0.2) is 24.3 Å². The van der Waals surface area contributed by atoms with E-state index in [1.807, 2.05) is 0 Å². The molecule has 0 aromatic heterocycles. The van der Waals surface area contributed by atoms with E-state index in [-0.39, 0.29) is 11.3 Å². The van der Waals surface area contributed by atoms with Gasteiger partial charge in [0, 0.05) is 17.1 Å². The van der Waals surface area contributed by atoms with Crippen molar-refractivity contribution in [3.63, 3.8) is 0 Å². The summed E-state index contributed by atoms with van der Waals surface area (Å²) in [5.74, 6) is 2.54. The Kier molecular flexibility index (Phi) is 7.67. The number of phenolic OH excluding ortho intramolecular Hbond substituents is 1. The maximum Gasteiger partial charge on any atom is 0.412 e. The molecule has 0 aliphatic rings. The van der Waals surface area contributed by atoms with Gasteiger partial charge < -0.3 is 9.84 Å². The summed E-state index contributed by atoms with van der Waals surface area (Å²) < 4.78 is 20.2. The van der Waals surface area contributed by atoms with Crippen molar-refractivity contribution in [2.75, 3.05) is 5.32 Å². The number of hydrogen-bond acceptors (Lipinski definition) is 3. The molecular weight excluding hydrogens is 421 g/mol. The smallest absolute Gasteiger partial charge is 0.412 e. The van der Waals surface area contributed by atoms with Gasteiger partial charge in [-0.15, -0.1) is 5.54 Å². The van der Waals surface area contributed by atoms with E-state index in [0.717, 1.165) is 0 Å². The summed E-state index contributed by atoms with van der Waals surface area (Å²) in [6.45, 7) is 18.5. The zero-order valence-corrected chi connectivity index (χ0v) is 21.7. The molecule has 0 atom stereocenters. The van der Waals surface area contributed by atoms with Crippen LogP contribution in [0.25, 0.3) is 10.8 Å². The topological polar surface area (TPSA) is 58.6 Å². The molecular formula is C26H36FNO3Si. The lowest BCUT2D eigenvalue weighted by Crippen LogP contribution is -2.43. The van der Waals surface area contributed by atoms with Gasteiger partial charge in [0.25, 0.3) is 0 Å². The number of anilines is 1. The number of rotatable bonds is 4. The molecule has 2 rings (SSSR count). The fourth-order valence-electron chi connectivity index (χ4n) is 4.64. The first kappa shape index (κ1) is 25.7. The second-order valence-electron chi connectivity index (χ2n) is 10.3. The highest BCUT2D eigenvalue weighted by Crippen LogP contribution is 2.41. The Hall–Kier alpha value is -2.52. The van der Waals surface area contributed by atoms with Gasteiger partial charge in [0.1, 0.15) is 25.2 Å². The number of nitrogens with one attached hydrogen (secondary N) is 1. The van der Waals surface area contributed by atoms with Gasteiger partial charge in [-0.25, -0.2) is 9.18 Å². The van der Waals surface area contributed by atoms with Crippen LogP contribution in [-0.4, -0.2) is 24.9 Å². The molecule has 0 fully saturated rings. The highest BCUT2D eigenvalue weighted by molar-refractivity contribution is 6.90. The number of halogens is 1. The summed E-state index contributed by atoms with van der Waals surface area (Å²) in [6.07, 6.45) is -0.625. The molecule has 0 unspecified atom stereocenters. The first-order chi connectivity index (χ1) is 14.7. The number of carbonyl (C=O) groups is 1. The molecule has 0 spiro atoms. The fraction of sp³-hybridized carbons (Fsp3) is 0.500. The monoisotopic (exact) mass is 457 g/mol. The van der Waals surface area contributed by atoms with Crippen molar-refractivity contribution in [1.82, 2.24) is 0 Å². The Labute approximate surface area is 192 Å². The molecule has 0 saturated carbocycles. The standard InChI is InChI=1S/C26H36FNO3Si/c1-16(2)32(17(3)4,18(5)6)13-12-21-22(27)11-10-19-14-20(15-23(29)24(19)21)28-25(30)31-26(7,8)9/h10-11,14-18,29H,1-9H3,(H,28,30). The number of carbonyl (C=O) groups excluding carboxylic acids is 1. The van der Waals surface area contributed by atoms with E-state index in [4.69, 9.17) is 4.74 Å². The quantitative estimate of drug-likeness (QED) is 0.367. The van der Waals surface area contributed by atoms with Gasteiger partial charge in [-0.1, -0.05) is 53.5 Å². The summed E-state index contributed by atoms with van der Waals surface area (Å²) in [6, 6.07) is 6.01. The van der Waals surface area contributed by atoms with Crippen LogP contribution < -0.4 is 5.32 Å². The summed E-state index contributed by atoms with van der Waals surface area (Å²) >= 11 is 0. The SMILES string of the molecule is CC(C)[Si](C#Cc1c(F)ccc2cc(NC(=O)OC(C)(C)C)cc(O)c12)(C(C)C)C(C)C. The van der Waals surface area contributed by atoms with Gasteiger partial charge in [0.15, 0.2) is 0 Å². The van der Waals surface area contributed by atoms with Crippen molar-refractivity contribution in [1.29, 1.82) is 0 Å². The van der Waals surface area contributed by atoms with Gasteiger partial charge >= 0.3 is 6.09 Å². The first-order valence-electron chi connectivity index (χ1n) is 11.2. The number of amides is 1. The maximum atomic E-state index is 14.9. The Morgan fingerprint density at radius 1 is 1.06 bits per heavy atom. The molecule has 2 N–H and O–H groups in total. The van der Waals surface area contributed by atoms with Gasteiger partial charge in [0.2, 0.25) is 0 Å². The third kappa shape index (κ3) is 5.45. The Morgan fingerprint density at radius 3 is 2.12 bits per heavy atom. The highest BCUT2D eigenvalue weighted by atomic mass is 28.3. The predicted octanol–water partition coefficient (Wildman–Crippen LogP) is 7.60. The van der Waals surface area contributed by atoms with E-state index in [9.17, 15) is 14.3 Å². The number of ether oxygens (including phenoxy) is 1. The number of phenols is 1. The first-order valence-corrected chi connectivity index (χ1v) is 13.4. The van der Waals surface area contributed by atoms with Crippen molar-refractivity contribution < 1.29 is 19.0 Å². The van der Waals surface area contributed by atoms with Gasteiger partial charge in [-0.2, -0.15) is 0 Å². The van der Waals surface area contributed by atoms with E-state index in [1.165, 1.54) is 12.1 Å². The van der Waals surface area contributed by atoms with Crippen LogP contribution in [0.1, 0.15) is 67.9 Å². The second kappa shape index (κ2) is 9.54. The molecule has 2 aromatic carbocycles. The number of aromatic hydroxyl groups is 1. The number of fused-ring (bicyclic) bond motifs is 1. The highest BCUT2D eigenvalue weighted by Gasteiger charge is 2.41. The predicted molar refractivity (Wildman–Crippen MR) is 133 cm³/mol. The number of hydrogen-bond donors (Lipinski definition) is 2. The van der Waals surface area contributed by atoms with Crippen LogP contribution in [0.4, 0.5) is 14.9 Å². The third-order valence-corrected chi connectivity index (χ3v) is 12.3. The lowest BCUT2D eigenvalue weighted by Gasteiger charge is -2.38. The zero-order chi connectivity index (χ0) is 24.4. The van der Waals surface area contributed by atoms with Gasteiger partial charge in [-0.3, -0.25) is 5.32 Å². The minimum atomic E-state index is -2.08. The Morgan fingerprint density at radius 2 is 1.62 bits per heavy atom. The summed E-state index contributed by atoms with van der Waals surface area (Å²) in [4.78, 5) is 12.1. The Balaban J connectivity index is 2.60. The fourth-order valence-corrected chi connectivity index (χ4v) is 9.85. The number of benzene rings is 2. The van der Waals surface area contributed by atoms with Crippen molar-refractivity contribution in [2.45, 2.75) is 84.5 Å². The van der Waals surface area contributed by atoms with Crippen LogP contribution in [0.5, 0.6) is 5.75 Å². The lowest BCUT2D eigenvalue weighted by molar-refractivity contribution is 0.0636. The molecule has 4 nitrogen and oxygen atoms in total. The maximum absolute atomic E-state index is 14.9. The molecule has 0 heterocycles. The molecule has 0 saturated heterocycles. The average molecular weight is 458 g/mol. The summed E-state index contributed by atoms with van der Waals surface area (Å²) in [5, 5.41) is 14.3. The Bertz CT molecular complexity index is 1040. The lowest BCUT2D eigenvalue weighted by atomic mass is 10.0. The summed E-state index contributed by atoms with van der Waals surface area (Å²) in [7, 11) is -2.08. The zero-order valence-electron chi connectivity index (χ0n) is 20.7.